The smallest absolute Gasteiger partial charge is 0.228 e. The number of fused-ring (bicyclic) bond motifs is 1. The van der Waals surface area contributed by atoms with Gasteiger partial charge in [-0.25, -0.2) is 14.4 Å². The standard InChI is InChI=1S/C25H18FN5OS/c26-21-8-2-1-5-16(21)13-23(32)29-17-6-3-7-18(14-17)33-19-9-10-20-22(15-19)30-31-24(20)25-27-11-4-12-28-25/h1-12,14-15H,13H2,(H,29,32)(H,30,31). The molecule has 2 aromatic heterocycles. The molecule has 0 saturated heterocycles. The number of carbonyl (C=O) groups excluding carboxylic acids is 1. The Labute approximate surface area is 193 Å². The molecule has 5 aromatic rings. The van der Waals surface area contributed by atoms with Gasteiger partial charge in [-0.3, -0.25) is 9.89 Å². The fraction of sp³-hybridized carbons (Fsp3) is 0.0400. The highest BCUT2D eigenvalue weighted by Gasteiger charge is 2.12. The van der Waals surface area contributed by atoms with Gasteiger partial charge in [0, 0.05) is 33.3 Å². The van der Waals surface area contributed by atoms with E-state index < -0.39 is 0 Å². The van der Waals surface area contributed by atoms with Gasteiger partial charge in [-0.15, -0.1) is 0 Å². The number of hydrogen-bond donors (Lipinski definition) is 2. The van der Waals surface area contributed by atoms with Crippen molar-refractivity contribution in [3.63, 3.8) is 0 Å². The lowest BCUT2D eigenvalue weighted by atomic mass is 10.1. The Morgan fingerprint density at radius 1 is 0.939 bits per heavy atom. The van der Waals surface area contributed by atoms with Crippen LogP contribution in [0.5, 0.6) is 0 Å². The van der Waals surface area contributed by atoms with Gasteiger partial charge in [0.1, 0.15) is 11.5 Å². The van der Waals surface area contributed by atoms with Crippen LogP contribution in [0.25, 0.3) is 22.4 Å². The van der Waals surface area contributed by atoms with Gasteiger partial charge in [-0.1, -0.05) is 36.0 Å². The SMILES string of the molecule is O=C(Cc1ccccc1F)Nc1cccc(Sc2ccc3c(-c4ncccn4)n[nH]c3c2)c1. The van der Waals surface area contributed by atoms with E-state index in [-0.39, 0.29) is 18.1 Å². The number of hydrogen-bond acceptors (Lipinski definition) is 5. The highest BCUT2D eigenvalue weighted by Crippen LogP contribution is 2.33. The van der Waals surface area contributed by atoms with E-state index in [1.807, 2.05) is 42.5 Å². The monoisotopic (exact) mass is 455 g/mol. The van der Waals surface area contributed by atoms with Gasteiger partial charge < -0.3 is 5.32 Å². The quantitative estimate of drug-likeness (QED) is 0.354. The van der Waals surface area contributed by atoms with Crippen molar-refractivity contribution in [3.05, 3.63) is 96.6 Å². The number of carbonyl (C=O) groups is 1. The molecular formula is C25H18FN5OS. The number of rotatable bonds is 6. The van der Waals surface area contributed by atoms with Crippen molar-refractivity contribution < 1.29 is 9.18 Å². The molecule has 0 atom stereocenters. The molecule has 6 nitrogen and oxygen atoms in total. The number of H-pyrrole nitrogens is 1. The van der Waals surface area contributed by atoms with E-state index in [9.17, 15) is 9.18 Å². The average Bonchev–Trinajstić information content (AvgIpc) is 3.25. The number of aromatic amines is 1. The van der Waals surface area contributed by atoms with Gasteiger partial charge in [-0.05, 0) is 54.1 Å². The Bertz CT molecular complexity index is 1440. The zero-order valence-electron chi connectivity index (χ0n) is 17.3. The molecule has 33 heavy (non-hydrogen) atoms. The fourth-order valence-electron chi connectivity index (χ4n) is 3.45. The maximum atomic E-state index is 13.8. The van der Waals surface area contributed by atoms with Crippen LogP contribution in [0.3, 0.4) is 0 Å². The lowest BCUT2D eigenvalue weighted by molar-refractivity contribution is -0.115. The summed E-state index contributed by atoms with van der Waals surface area (Å²) in [7, 11) is 0. The Morgan fingerprint density at radius 3 is 2.61 bits per heavy atom. The van der Waals surface area contributed by atoms with Crippen LogP contribution in [-0.2, 0) is 11.2 Å². The van der Waals surface area contributed by atoms with Crippen LogP contribution in [0.4, 0.5) is 10.1 Å². The minimum atomic E-state index is -0.381. The van der Waals surface area contributed by atoms with E-state index in [2.05, 4.69) is 25.5 Å². The molecule has 2 N–H and O–H groups in total. The van der Waals surface area contributed by atoms with Crippen LogP contribution in [0.2, 0.25) is 0 Å². The van der Waals surface area contributed by atoms with Crippen molar-refractivity contribution in [2.45, 2.75) is 16.2 Å². The van der Waals surface area contributed by atoms with Crippen LogP contribution in [0, 0.1) is 5.82 Å². The van der Waals surface area contributed by atoms with Crippen LogP contribution < -0.4 is 5.32 Å². The van der Waals surface area contributed by atoms with Gasteiger partial charge in [0.05, 0.1) is 11.9 Å². The summed E-state index contributed by atoms with van der Waals surface area (Å²) in [6.45, 7) is 0. The first-order chi connectivity index (χ1) is 16.2. The molecule has 0 radical (unpaired) electrons. The van der Waals surface area contributed by atoms with Gasteiger partial charge in [-0.2, -0.15) is 5.10 Å². The molecule has 0 saturated carbocycles. The first-order valence-corrected chi connectivity index (χ1v) is 11.0. The number of halogens is 1. The predicted octanol–water partition coefficient (Wildman–Crippen LogP) is 5.49. The summed E-state index contributed by atoms with van der Waals surface area (Å²) in [5, 5.41) is 11.2. The van der Waals surface area contributed by atoms with Gasteiger partial charge in [0.2, 0.25) is 5.91 Å². The number of nitrogens with one attached hydrogen (secondary N) is 2. The first kappa shape index (κ1) is 20.8. The predicted molar refractivity (Wildman–Crippen MR) is 126 cm³/mol. The first-order valence-electron chi connectivity index (χ1n) is 10.2. The third kappa shape index (κ3) is 4.75. The molecule has 0 bridgehead atoms. The lowest BCUT2D eigenvalue weighted by Crippen LogP contribution is -2.15. The number of benzene rings is 3. The summed E-state index contributed by atoms with van der Waals surface area (Å²) in [5.74, 6) is -0.0760. The molecule has 8 heteroatoms. The number of aromatic nitrogens is 4. The maximum Gasteiger partial charge on any atom is 0.228 e. The normalized spacial score (nSPS) is 10.9. The van der Waals surface area contributed by atoms with Crippen LogP contribution in [0.15, 0.2) is 95.0 Å². The summed E-state index contributed by atoms with van der Waals surface area (Å²) in [4.78, 5) is 22.9. The Balaban J connectivity index is 1.30. The maximum absolute atomic E-state index is 13.8. The Morgan fingerprint density at radius 2 is 1.76 bits per heavy atom. The zero-order chi connectivity index (χ0) is 22.6. The molecule has 0 fully saturated rings. The third-order valence-electron chi connectivity index (χ3n) is 4.97. The van der Waals surface area contributed by atoms with E-state index in [4.69, 9.17) is 0 Å². The van der Waals surface area contributed by atoms with Crippen molar-refractivity contribution in [1.82, 2.24) is 20.2 Å². The van der Waals surface area contributed by atoms with Crippen molar-refractivity contribution in [2.75, 3.05) is 5.32 Å². The Kier molecular flexibility index (Phi) is 5.82. The molecule has 1 amide bonds. The van der Waals surface area contributed by atoms with Crippen molar-refractivity contribution in [2.24, 2.45) is 0 Å². The molecule has 2 heterocycles. The molecule has 162 valence electrons. The van der Waals surface area contributed by atoms with Gasteiger partial charge in [0.15, 0.2) is 5.82 Å². The summed E-state index contributed by atoms with van der Waals surface area (Å²) in [6, 6.07) is 21.6. The summed E-state index contributed by atoms with van der Waals surface area (Å²) in [6.07, 6.45) is 3.36. The van der Waals surface area contributed by atoms with E-state index in [1.54, 1.807) is 48.4 Å². The molecule has 0 unspecified atom stereocenters. The summed E-state index contributed by atoms with van der Waals surface area (Å²) < 4.78 is 13.8. The Hall–Kier alpha value is -4.04. The van der Waals surface area contributed by atoms with E-state index >= 15 is 0 Å². The second-order valence-electron chi connectivity index (χ2n) is 7.30. The summed E-state index contributed by atoms with van der Waals surface area (Å²) >= 11 is 1.56. The molecular weight excluding hydrogens is 437 g/mol. The van der Waals surface area contributed by atoms with Gasteiger partial charge in [0.25, 0.3) is 0 Å². The third-order valence-corrected chi connectivity index (χ3v) is 5.95. The molecule has 0 aliphatic heterocycles. The second kappa shape index (κ2) is 9.22. The van der Waals surface area contributed by atoms with Crippen molar-refractivity contribution in [1.29, 1.82) is 0 Å². The molecule has 0 aliphatic carbocycles. The van der Waals surface area contributed by atoms with Gasteiger partial charge >= 0.3 is 0 Å². The van der Waals surface area contributed by atoms with E-state index in [0.717, 1.165) is 20.7 Å². The summed E-state index contributed by atoms with van der Waals surface area (Å²) in [5.41, 5.74) is 2.62. The average molecular weight is 456 g/mol. The number of amides is 1. The second-order valence-corrected chi connectivity index (χ2v) is 8.45. The minimum absolute atomic E-state index is 0.0198. The van der Waals surface area contributed by atoms with E-state index in [0.29, 0.717) is 22.8 Å². The van der Waals surface area contributed by atoms with Crippen LogP contribution >= 0.6 is 11.8 Å². The number of anilines is 1. The molecule has 0 aliphatic rings. The fourth-order valence-corrected chi connectivity index (χ4v) is 4.36. The largest absolute Gasteiger partial charge is 0.326 e. The topological polar surface area (TPSA) is 83.6 Å². The molecule has 3 aromatic carbocycles. The minimum Gasteiger partial charge on any atom is -0.326 e. The van der Waals surface area contributed by atoms with E-state index in [1.165, 1.54) is 6.07 Å². The molecule has 0 spiro atoms. The van der Waals surface area contributed by atoms with Crippen LogP contribution in [0.1, 0.15) is 5.56 Å². The van der Waals surface area contributed by atoms with Crippen molar-refractivity contribution >= 4 is 34.3 Å². The lowest BCUT2D eigenvalue weighted by Gasteiger charge is -2.08. The van der Waals surface area contributed by atoms with Crippen molar-refractivity contribution in [3.8, 4) is 11.5 Å². The zero-order valence-corrected chi connectivity index (χ0v) is 18.1. The number of nitrogens with zero attached hydrogens (tertiary/aromatic N) is 3. The van der Waals surface area contributed by atoms with Crippen LogP contribution in [-0.4, -0.2) is 26.1 Å². The molecule has 5 rings (SSSR count). The highest BCUT2D eigenvalue weighted by molar-refractivity contribution is 7.99. The highest BCUT2D eigenvalue weighted by atomic mass is 32.2.